The second-order valence-corrected chi connectivity index (χ2v) is 6.57. The van der Waals surface area contributed by atoms with Gasteiger partial charge in [-0.25, -0.2) is 13.1 Å². The predicted octanol–water partition coefficient (Wildman–Crippen LogP) is 0.515. The Morgan fingerprint density at radius 3 is 2.41 bits per heavy atom. The molecular formula is C14H22N2O5S. The molecule has 0 aliphatic heterocycles. The van der Waals surface area contributed by atoms with E-state index in [1.807, 2.05) is 13.8 Å². The number of hydrogen-bond acceptors (Lipinski definition) is 5. The van der Waals surface area contributed by atoms with Crippen molar-refractivity contribution in [3.8, 4) is 5.75 Å². The Kier molecular flexibility index (Phi) is 7.30. The molecule has 7 nitrogen and oxygen atoms in total. The molecule has 1 aromatic rings. The lowest BCUT2D eigenvalue weighted by Gasteiger charge is -2.11. The van der Waals surface area contributed by atoms with Crippen LogP contribution in [0.2, 0.25) is 0 Å². The van der Waals surface area contributed by atoms with Gasteiger partial charge in [-0.1, -0.05) is 0 Å². The van der Waals surface area contributed by atoms with Crippen molar-refractivity contribution in [2.24, 2.45) is 0 Å². The molecule has 0 unspecified atom stereocenters. The van der Waals surface area contributed by atoms with Crippen molar-refractivity contribution in [2.45, 2.75) is 24.8 Å². The lowest BCUT2D eigenvalue weighted by atomic mass is 10.3. The van der Waals surface area contributed by atoms with Crippen LogP contribution in [0.15, 0.2) is 29.2 Å². The molecule has 0 aliphatic carbocycles. The van der Waals surface area contributed by atoms with E-state index in [1.165, 1.54) is 19.2 Å². The Hall–Kier alpha value is -1.64. The number of rotatable bonds is 9. The molecule has 1 rings (SSSR count). The number of hydrogen-bond donors (Lipinski definition) is 2. The third-order valence-electron chi connectivity index (χ3n) is 2.56. The number of nitrogens with one attached hydrogen (secondary N) is 2. The number of benzene rings is 1. The van der Waals surface area contributed by atoms with Gasteiger partial charge >= 0.3 is 0 Å². The highest BCUT2D eigenvalue weighted by atomic mass is 32.2. The Bertz CT molecular complexity index is 569. The predicted molar refractivity (Wildman–Crippen MR) is 82.3 cm³/mol. The van der Waals surface area contributed by atoms with E-state index in [4.69, 9.17) is 9.47 Å². The molecule has 0 fully saturated rings. The first kappa shape index (κ1) is 18.4. The summed E-state index contributed by atoms with van der Waals surface area (Å²) in [6, 6.07) is 6.02. The van der Waals surface area contributed by atoms with Crippen molar-refractivity contribution in [1.82, 2.24) is 10.0 Å². The fourth-order valence-corrected chi connectivity index (χ4v) is 2.55. The molecule has 0 heterocycles. The van der Waals surface area contributed by atoms with E-state index in [0.29, 0.717) is 18.9 Å². The average molecular weight is 330 g/mol. The smallest absolute Gasteiger partial charge is 0.241 e. The van der Waals surface area contributed by atoms with Crippen LogP contribution >= 0.6 is 0 Å². The summed E-state index contributed by atoms with van der Waals surface area (Å²) >= 11 is 0. The van der Waals surface area contributed by atoms with E-state index in [-0.39, 0.29) is 17.5 Å². The van der Waals surface area contributed by atoms with Crippen molar-refractivity contribution < 1.29 is 22.7 Å². The average Bonchev–Trinajstić information content (AvgIpc) is 2.45. The fraction of sp³-hybridized carbons (Fsp3) is 0.500. The van der Waals surface area contributed by atoms with Crippen LogP contribution in [0.3, 0.4) is 0 Å². The molecule has 0 saturated heterocycles. The number of carbonyl (C=O) groups is 1. The van der Waals surface area contributed by atoms with Gasteiger partial charge in [0.2, 0.25) is 15.9 Å². The number of ether oxygens (including phenoxy) is 2. The zero-order chi connectivity index (χ0) is 16.6. The second-order valence-electron chi connectivity index (χ2n) is 4.81. The summed E-state index contributed by atoms with van der Waals surface area (Å²) in [5, 5.41) is 2.53. The third-order valence-corrected chi connectivity index (χ3v) is 3.97. The zero-order valence-corrected chi connectivity index (χ0v) is 13.8. The Morgan fingerprint density at radius 2 is 1.86 bits per heavy atom. The third kappa shape index (κ3) is 6.42. The molecule has 0 atom stereocenters. The van der Waals surface area contributed by atoms with E-state index in [2.05, 4.69) is 10.0 Å². The monoisotopic (exact) mass is 330 g/mol. The second kappa shape index (κ2) is 8.72. The van der Waals surface area contributed by atoms with E-state index >= 15 is 0 Å². The minimum Gasteiger partial charge on any atom is -0.491 e. The van der Waals surface area contributed by atoms with Crippen molar-refractivity contribution in [2.75, 3.05) is 26.8 Å². The van der Waals surface area contributed by atoms with E-state index in [9.17, 15) is 13.2 Å². The van der Waals surface area contributed by atoms with Crippen molar-refractivity contribution in [3.63, 3.8) is 0 Å². The first-order valence-electron chi connectivity index (χ1n) is 6.87. The largest absolute Gasteiger partial charge is 0.491 e. The van der Waals surface area contributed by atoms with Gasteiger partial charge in [0.15, 0.2) is 0 Å². The molecule has 2 N–H and O–H groups in total. The molecule has 1 amide bonds. The minimum atomic E-state index is -3.73. The summed E-state index contributed by atoms with van der Waals surface area (Å²) in [6.45, 7) is 4.15. The summed E-state index contributed by atoms with van der Waals surface area (Å²) in [5.74, 6) is 0.173. The summed E-state index contributed by atoms with van der Waals surface area (Å²) in [6.07, 6.45) is 0.0105. The maximum atomic E-state index is 12.0. The van der Waals surface area contributed by atoms with Crippen LogP contribution in [-0.2, 0) is 19.6 Å². The Morgan fingerprint density at radius 1 is 1.23 bits per heavy atom. The summed E-state index contributed by atoms with van der Waals surface area (Å²) in [4.78, 5) is 11.5. The quantitative estimate of drug-likeness (QED) is 0.644. The van der Waals surface area contributed by atoms with Crippen molar-refractivity contribution >= 4 is 15.9 Å². The normalized spacial score (nSPS) is 11.5. The van der Waals surface area contributed by atoms with Crippen LogP contribution in [0.5, 0.6) is 5.75 Å². The first-order chi connectivity index (χ1) is 10.3. The number of sulfonamides is 1. The molecule has 22 heavy (non-hydrogen) atoms. The van der Waals surface area contributed by atoms with Crippen molar-refractivity contribution in [3.05, 3.63) is 24.3 Å². The fourth-order valence-electron chi connectivity index (χ4n) is 1.57. The topological polar surface area (TPSA) is 93.7 Å². The highest BCUT2D eigenvalue weighted by molar-refractivity contribution is 7.89. The summed E-state index contributed by atoms with van der Waals surface area (Å²) in [5.41, 5.74) is 0. The van der Waals surface area contributed by atoms with Crippen molar-refractivity contribution in [1.29, 1.82) is 0 Å². The minimum absolute atomic E-state index is 0.0105. The molecule has 0 radical (unpaired) electrons. The number of amides is 1. The molecule has 0 spiro atoms. The SMILES string of the molecule is COCCNC(=O)CNS(=O)(=O)c1ccc(OC(C)C)cc1. The molecule has 124 valence electrons. The maximum absolute atomic E-state index is 12.0. The highest BCUT2D eigenvalue weighted by Crippen LogP contribution is 2.16. The highest BCUT2D eigenvalue weighted by Gasteiger charge is 2.15. The molecule has 0 bridgehead atoms. The maximum Gasteiger partial charge on any atom is 0.241 e. The molecule has 8 heteroatoms. The number of methoxy groups -OCH3 is 1. The van der Waals surface area contributed by atoms with Gasteiger partial charge in [0, 0.05) is 13.7 Å². The first-order valence-corrected chi connectivity index (χ1v) is 8.35. The van der Waals surface area contributed by atoms with Gasteiger partial charge in [-0.05, 0) is 38.1 Å². The van der Waals surface area contributed by atoms with Crippen LogP contribution in [0.25, 0.3) is 0 Å². The number of carbonyl (C=O) groups excluding carboxylic acids is 1. The van der Waals surface area contributed by atoms with E-state index in [1.54, 1.807) is 12.1 Å². The zero-order valence-electron chi connectivity index (χ0n) is 13.0. The molecular weight excluding hydrogens is 308 g/mol. The Labute approximate surface area is 131 Å². The van der Waals surface area contributed by atoms with Gasteiger partial charge < -0.3 is 14.8 Å². The van der Waals surface area contributed by atoms with Gasteiger partial charge in [-0.15, -0.1) is 0 Å². The summed E-state index contributed by atoms with van der Waals surface area (Å²) in [7, 11) is -2.21. The van der Waals surface area contributed by atoms with Gasteiger partial charge in [0.05, 0.1) is 24.2 Å². The van der Waals surface area contributed by atoms with E-state index in [0.717, 1.165) is 0 Å². The van der Waals surface area contributed by atoms with Crippen LogP contribution < -0.4 is 14.8 Å². The molecule has 0 aromatic heterocycles. The Balaban J connectivity index is 2.57. The molecule has 0 aliphatic rings. The van der Waals surface area contributed by atoms with Gasteiger partial charge in [0.1, 0.15) is 5.75 Å². The van der Waals surface area contributed by atoms with E-state index < -0.39 is 15.9 Å². The standard InChI is InChI=1S/C14H22N2O5S/c1-11(2)21-12-4-6-13(7-5-12)22(18,19)16-10-14(17)15-8-9-20-3/h4-7,11,16H,8-10H2,1-3H3,(H,15,17). The summed E-state index contributed by atoms with van der Waals surface area (Å²) < 4.78 is 36.6. The van der Waals surface area contributed by atoms with Crippen LogP contribution in [-0.4, -0.2) is 47.2 Å². The molecule has 0 saturated carbocycles. The lowest BCUT2D eigenvalue weighted by Crippen LogP contribution is -2.38. The van der Waals surface area contributed by atoms with Gasteiger partial charge in [-0.2, -0.15) is 0 Å². The van der Waals surface area contributed by atoms with Gasteiger partial charge in [0.25, 0.3) is 0 Å². The van der Waals surface area contributed by atoms with Crippen LogP contribution in [0.4, 0.5) is 0 Å². The molecule has 1 aromatic carbocycles. The van der Waals surface area contributed by atoms with Crippen LogP contribution in [0, 0.1) is 0 Å². The van der Waals surface area contributed by atoms with Gasteiger partial charge in [-0.3, -0.25) is 4.79 Å². The lowest BCUT2D eigenvalue weighted by molar-refractivity contribution is -0.120. The van der Waals surface area contributed by atoms with Crippen LogP contribution in [0.1, 0.15) is 13.8 Å².